The van der Waals surface area contributed by atoms with Crippen LogP contribution in [0.1, 0.15) is 43.0 Å². The Morgan fingerprint density at radius 3 is 2.73 bits per heavy atom. The van der Waals surface area contributed by atoms with Crippen LogP contribution in [-0.4, -0.2) is 23.2 Å². The van der Waals surface area contributed by atoms with E-state index in [9.17, 15) is 0 Å². The van der Waals surface area contributed by atoms with E-state index in [1.807, 2.05) is 12.3 Å². The van der Waals surface area contributed by atoms with Crippen LogP contribution in [0.2, 0.25) is 0 Å². The SMILES string of the molecule is COc1ccnc2c1CCCC2NCCCCn1cc2ccccc2c1. The number of unbranched alkanes of at least 4 members (excludes halogenated alkanes) is 1. The first kappa shape index (κ1) is 17.1. The Bertz CT molecular complexity index is 838. The summed E-state index contributed by atoms with van der Waals surface area (Å²) in [6.07, 6.45) is 12.1. The van der Waals surface area contributed by atoms with E-state index in [1.54, 1.807) is 7.11 Å². The molecule has 26 heavy (non-hydrogen) atoms. The molecule has 3 aromatic rings. The smallest absolute Gasteiger partial charge is 0.125 e. The third-order valence-corrected chi connectivity index (χ3v) is 5.36. The summed E-state index contributed by atoms with van der Waals surface area (Å²) in [4.78, 5) is 4.63. The van der Waals surface area contributed by atoms with Crippen LogP contribution >= 0.6 is 0 Å². The number of hydrogen-bond acceptors (Lipinski definition) is 3. The van der Waals surface area contributed by atoms with Gasteiger partial charge < -0.3 is 14.6 Å². The molecule has 1 atom stereocenters. The molecular weight excluding hydrogens is 322 g/mol. The molecule has 0 radical (unpaired) electrons. The van der Waals surface area contributed by atoms with Gasteiger partial charge in [0.2, 0.25) is 0 Å². The standard InChI is InChI=1S/C22H27N3O/c1-26-21-11-13-24-22-19(21)9-6-10-20(22)23-12-4-5-14-25-15-17-7-2-3-8-18(17)16-25/h2-3,7-8,11,13,15-16,20,23H,4-6,9-10,12,14H2,1H3. The maximum absolute atomic E-state index is 5.51. The third kappa shape index (κ3) is 3.61. The Hall–Kier alpha value is -2.33. The molecule has 1 unspecified atom stereocenters. The molecule has 136 valence electrons. The van der Waals surface area contributed by atoms with Crippen molar-refractivity contribution in [3.63, 3.8) is 0 Å². The first-order chi connectivity index (χ1) is 12.8. The van der Waals surface area contributed by atoms with E-state index in [2.05, 4.69) is 51.5 Å². The number of fused-ring (bicyclic) bond motifs is 2. The molecule has 4 rings (SSSR count). The van der Waals surface area contributed by atoms with Crippen molar-refractivity contribution in [2.75, 3.05) is 13.7 Å². The Balaban J connectivity index is 1.28. The molecule has 1 aliphatic rings. The maximum Gasteiger partial charge on any atom is 0.125 e. The lowest BCUT2D eigenvalue weighted by Gasteiger charge is -2.26. The summed E-state index contributed by atoms with van der Waals surface area (Å²) in [5.74, 6) is 0.987. The van der Waals surface area contributed by atoms with Crippen molar-refractivity contribution in [2.45, 2.75) is 44.7 Å². The summed E-state index contributed by atoms with van der Waals surface area (Å²) in [5.41, 5.74) is 2.48. The summed E-state index contributed by atoms with van der Waals surface area (Å²) < 4.78 is 7.82. The van der Waals surface area contributed by atoms with Gasteiger partial charge in [-0.25, -0.2) is 0 Å². The molecule has 0 saturated carbocycles. The number of methoxy groups -OCH3 is 1. The van der Waals surface area contributed by atoms with Gasteiger partial charge in [-0.15, -0.1) is 0 Å². The van der Waals surface area contributed by atoms with Crippen LogP contribution in [0.25, 0.3) is 10.8 Å². The molecule has 1 aliphatic carbocycles. The molecule has 0 amide bonds. The van der Waals surface area contributed by atoms with Crippen LogP contribution in [0.5, 0.6) is 5.75 Å². The number of nitrogens with zero attached hydrogens (tertiary/aromatic N) is 2. The number of benzene rings is 1. The van der Waals surface area contributed by atoms with Crippen LogP contribution in [0.3, 0.4) is 0 Å². The molecule has 1 aromatic carbocycles. The van der Waals surface area contributed by atoms with Crippen LogP contribution in [-0.2, 0) is 13.0 Å². The van der Waals surface area contributed by atoms with Gasteiger partial charge in [-0.05, 0) is 55.5 Å². The fraction of sp³-hybridized carbons (Fsp3) is 0.409. The number of hydrogen-bond donors (Lipinski definition) is 1. The summed E-state index contributed by atoms with van der Waals surface area (Å²) in [6, 6.07) is 10.9. The fourth-order valence-electron chi connectivity index (χ4n) is 4.02. The Labute approximate surface area is 155 Å². The number of pyridine rings is 1. The molecule has 0 bridgehead atoms. The fourth-order valence-corrected chi connectivity index (χ4v) is 4.02. The molecule has 1 N–H and O–H groups in total. The van der Waals surface area contributed by atoms with Gasteiger partial charge in [0.1, 0.15) is 5.75 Å². The van der Waals surface area contributed by atoms with Crippen molar-refractivity contribution in [3.05, 3.63) is 60.2 Å². The minimum Gasteiger partial charge on any atom is -0.496 e. The summed E-state index contributed by atoms with van der Waals surface area (Å²) >= 11 is 0. The lowest BCUT2D eigenvalue weighted by atomic mass is 9.91. The Kier molecular flexibility index (Phi) is 5.21. The van der Waals surface area contributed by atoms with Crippen LogP contribution < -0.4 is 10.1 Å². The predicted octanol–water partition coefficient (Wildman–Crippen LogP) is 4.49. The minimum atomic E-state index is 0.364. The average Bonchev–Trinajstić information content (AvgIpc) is 3.10. The largest absolute Gasteiger partial charge is 0.496 e. The number of nitrogens with one attached hydrogen (secondary N) is 1. The molecule has 2 heterocycles. The lowest BCUT2D eigenvalue weighted by molar-refractivity contribution is 0.390. The van der Waals surface area contributed by atoms with Crippen molar-refractivity contribution in [1.82, 2.24) is 14.9 Å². The van der Waals surface area contributed by atoms with Crippen molar-refractivity contribution in [2.24, 2.45) is 0 Å². The highest BCUT2D eigenvalue weighted by molar-refractivity contribution is 5.82. The van der Waals surface area contributed by atoms with Gasteiger partial charge in [0, 0.05) is 36.7 Å². The first-order valence-corrected chi connectivity index (χ1v) is 9.65. The highest BCUT2D eigenvalue weighted by Gasteiger charge is 2.23. The van der Waals surface area contributed by atoms with E-state index < -0.39 is 0 Å². The zero-order chi connectivity index (χ0) is 17.8. The number of aryl methyl sites for hydroxylation is 1. The normalized spacial score (nSPS) is 16.6. The van der Waals surface area contributed by atoms with Gasteiger partial charge in [0.15, 0.2) is 0 Å². The van der Waals surface area contributed by atoms with Crippen molar-refractivity contribution in [1.29, 1.82) is 0 Å². The van der Waals surface area contributed by atoms with E-state index in [1.165, 1.54) is 41.3 Å². The topological polar surface area (TPSA) is 39.1 Å². The van der Waals surface area contributed by atoms with Crippen LogP contribution in [0.15, 0.2) is 48.9 Å². The van der Waals surface area contributed by atoms with E-state index in [4.69, 9.17) is 4.74 Å². The quantitative estimate of drug-likeness (QED) is 0.639. The molecule has 4 nitrogen and oxygen atoms in total. The summed E-state index contributed by atoms with van der Waals surface area (Å²) in [5, 5.41) is 6.36. The molecule has 0 aliphatic heterocycles. The zero-order valence-electron chi connectivity index (χ0n) is 15.4. The summed E-state index contributed by atoms with van der Waals surface area (Å²) in [7, 11) is 1.75. The Morgan fingerprint density at radius 1 is 1.15 bits per heavy atom. The molecule has 0 fully saturated rings. The zero-order valence-corrected chi connectivity index (χ0v) is 15.4. The van der Waals surface area contributed by atoms with Gasteiger partial charge in [-0.1, -0.05) is 24.3 Å². The maximum atomic E-state index is 5.51. The van der Waals surface area contributed by atoms with E-state index in [0.717, 1.165) is 31.7 Å². The van der Waals surface area contributed by atoms with Crippen molar-refractivity contribution >= 4 is 10.8 Å². The second-order valence-electron chi connectivity index (χ2n) is 7.11. The van der Waals surface area contributed by atoms with Gasteiger partial charge in [0.05, 0.1) is 12.8 Å². The molecule has 0 saturated heterocycles. The molecule has 0 spiro atoms. The first-order valence-electron chi connectivity index (χ1n) is 9.65. The highest BCUT2D eigenvalue weighted by Crippen LogP contribution is 2.33. The van der Waals surface area contributed by atoms with Gasteiger partial charge in [-0.2, -0.15) is 0 Å². The molecule has 2 aromatic heterocycles. The highest BCUT2D eigenvalue weighted by atomic mass is 16.5. The van der Waals surface area contributed by atoms with E-state index in [0.29, 0.717) is 6.04 Å². The van der Waals surface area contributed by atoms with Crippen molar-refractivity contribution in [3.8, 4) is 5.75 Å². The van der Waals surface area contributed by atoms with E-state index >= 15 is 0 Å². The predicted molar refractivity (Wildman–Crippen MR) is 106 cm³/mol. The second-order valence-corrected chi connectivity index (χ2v) is 7.11. The van der Waals surface area contributed by atoms with Gasteiger partial charge in [0.25, 0.3) is 0 Å². The second kappa shape index (κ2) is 7.92. The van der Waals surface area contributed by atoms with Gasteiger partial charge >= 0.3 is 0 Å². The number of rotatable bonds is 7. The lowest BCUT2D eigenvalue weighted by Crippen LogP contribution is -2.27. The monoisotopic (exact) mass is 349 g/mol. The minimum absolute atomic E-state index is 0.364. The van der Waals surface area contributed by atoms with Gasteiger partial charge in [-0.3, -0.25) is 4.98 Å². The van der Waals surface area contributed by atoms with Crippen LogP contribution in [0, 0.1) is 0 Å². The average molecular weight is 349 g/mol. The summed E-state index contributed by atoms with van der Waals surface area (Å²) in [6.45, 7) is 2.10. The number of aromatic nitrogens is 2. The molecular formula is C22H27N3O. The van der Waals surface area contributed by atoms with Crippen molar-refractivity contribution < 1.29 is 4.74 Å². The third-order valence-electron chi connectivity index (χ3n) is 5.36. The number of ether oxygens (including phenoxy) is 1. The van der Waals surface area contributed by atoms with Crippen LogP contribution in [0.4, 0.5) is 0 Å². The Morgan fingerprint density at radius 2 is 1.96 bits per heavy atom. The van der Waals surface area contributed by atoms with E-state index in [-0.39, 0.29) is 0 Å². The molecule has 4 heteroatoms.